The molecule has 0 saturated carbocycles. The van der Waals surface area contributed by atoms with Crippen molar-refractivity contribution in [1.29, 1.82) is 0 Å². The van der Waals surface area contributed by atoms with Crippen molar-refractivity contribution in [2.45, 2.75) is 12.6 Å². The van der Waals surface area contributed by atoms with Crippen LogP contribution in [0, 0.1) is 0 Å². The van der Waals surface area contributed by atoms with E-state index in [1.165, 1.54) is 10.6 Å². The van der Waals surface area contributed by atoms with Crippen LogP contribution in [0.1, 0.15) is 5.76 Å². The third kappa shape index (κ3) is 3.31. The Kier molecular flexibility index (Phi) is 3.99. The largest absolute Gasteiger partial charge is 0.476 e. The minimum absolute atomic E-state index is 0.0696. The molecule has 2 heterocycles. The van der Waals surface area contributed by atoms with Crippen LogP contribution >= 0.6 is 0 Å². The van der Waals surface area contributed by atoms with Gasteiger partial charge in [-0.1, -0.05) is 12.1 Å². The lowest BCUT2D eigenvalue weighted by atomic mass is 10.2. The Morgan fingerprint density at radius 3 is 2.78 bits per heavy atom. The third-order valence-corrected chi connectivity index (χ3v) is 4.59. The van der Waals surface area contributed by atoms with Crippen LogP contribution in [-0.4, -0.2) is 33.2 Å². The van der Waals surface area contributed by atoms with Crippen LogP contribution in [0.5, 0.6) is 5.75 Å². The van der Waals surface area contributed by atoms with Crippen molar-refractivity contribution in [2.75, 3.05) is 17.1 Å². The first-order valence-corrected chi connectivity index (χ1v) is 8.83. The molecule has 0 radical (unpaired) electrons. The van der Waals surface area contributed by atoms with E-state index in [0.717, 1.165) is 6.26 Å². The number of carbonyl (C=O) groups is 1. The normalized spacial score (nSPS) is 17.3. The summed E-state index contributed by atoms with van der Waals surface area (Å²) in [5.74, 6) is 0.571. The minimum Gasteiger partial charge on any atom is -0.476 e. The zero-order chi connectivity index (χ0) is 16.4. The zero-order valence-corrected chi connectivity index (χ0v) is 13.2. The van der Waals surface area contributed by atoms with Crippen molar-refractivity contribution >= 4 is 21.6 Å². The molecule has 1 atom stereocenters. The molecule has 3 rings (SSSR count). The number of anilines is 1. The Balaban J connectivity index is 1.78. The van der Waals surface area contributed by atoms with Crippen LogP contribution in [0.25, 0.3) is 0 Å². The molecule has 8 heteroatoms. The number of rotatable bonds is 4. The molecule has 0 bridgehead atoms. The number of nitrogens with zero attached hydrogens (tertiary/aromatic N) is 1. The van der Waals surface area contributed by atoms with E-state index < -0.39 is 22.0 Å². The summed E-state index contributed by atoms with van der Waals surface area (Å²) in [4.78, 5) is 12.3. The maximum Gasteiger partial charge on any atom is 0.263 e. The molecule has 1 aromatic heterocycles. The van der Waals surface area contributed by atoms with Gasteiger partial charge in [0.2, 0.25) is 10.0 Å². The highest BCUT2D eigenvalue weighted by molar-refractivity contribution is 7.92. The lowest BCUT2D eigenvalue weighted by Crippen LogP contribution is -2.50. The quantitative estimate of drug-likeness (QED) is 0.904. The lowest BCUT2D eigenvalue weighted by Gasteiger charge is -2.33. The molecule has 0 fully saturated rings. The molecule has 1 aliphatic heterocycles. The van der Waals surface area contributed by atoms with E-state index in [1.54, 1.807) is 36.4 Å². The van der Waals surface area contributed by atoms with Crippen molar-refractivity contribution in [3.63, 3.8) is 0 Å². The van der Waals surface area contributed by atoms with Crippen molar-refractivity contribution < 1.29 is 22.4 Å². The van der Waals surface area contributed by atoms with Crippen molar-refractivity contribution in [2.24, 2.45) is 0 Å². The summed E-state index contributed by atoms with van der Waals surface area (Å²) in [6.45, 7) is 0.145. The highest BCUT2D eigenvalue weighted by Crippen LogP contribution is 2.34. The monoisotopic (exact) mass is 336 g/mol. The van der Waals surface area contributed by atoms with Gasteiger partial charge in [0.1, 0.15) is 11.5 Å². The van der Waals surface area contributed by atoms with E-state index in [2.05, 4.69) is 5.32 Å². The van der Waals surface area contributed by atoms with E-state index in [4.69, 9.17) is 9.15 Å². The Morgan fingerprint density at radius 2 is 2.09 bits per heavy atom. The zero-order valence-electron chi connectivity index (χ0n) is 12.4. The molecule has 23 heavy (non-hydrogen) atoms. The van der Waals surface area contributed by atoms with Crippen LogP contribution < -0.4 is 14.4 Å². The molecule has 0 saturated heterocycles. The fourth-order valence-corrected chi connectivity index (χ4v) is 3.27. The molecular formula is C15H16N2O5S. The fraction of sp³-hybridized carbons (Fsp3) is 0.267. The second-order valence-corrected chi connectivity index (χ2v) is 7.07. The summed E-state index contributed by atoms with van der Waals surface area (Å²) < 4.78 is 35.9. The molecule has 2 aromatic rings. The highest BCUT2D eigenvalue weighted by Gasteiger charge is 2.34. The number of para-hydroxylation sites is 2. The Hall–Kier alpha value is -2.48. The van der Waals surface area contributed by atoms with Gasteiger partial charge in [0, 0.05) is 0 Å². The maximum absolute atomic E-state index is 12.3. The van der Waals surface area contributed by atoms with Gasteiger partial charge in [-0.15, -0.1) is 0 Å². The van der Waals surface area contributed by atoms with Crippen molar-refractivity contribution in [1.82, 2.24) is 5.32 Å². The first-order valence-electron chi connectivity index (χ1n) is 6.98. The van der Waals surface area contributed by atoms with E-state index >= 15 is 0 Å². The summed E-state index contributed by atoms with van der Waals surface area (Å²) in [7, 11) is -3.51. The van der Waals surface area contributed by atoms with Crippen LogP contribution in [-0.2, 0) is 21.4 Å². The first kappa shape index (κ1) is 15.4. The Bertz CT molecular complexity index is 801. The van der Waals surface area contributed by atoms with Gasteiger partial charge in [-0.3, -0.25) is 9.10 Å². The minimum atomic E-state index is -3.51. The van der Waals surface area contributed by atoms with Gasteiger partial charge in [0.05, 0.1) is 31.3 Å². The molecule has 1 aliphatic rings. The van der Waals surface area contributed by atoms with Crippen LogP contribution in [0.3, 0.4) is 0 Å². The van der Waals surface area contributed by atoms with Gasteiger partial charge >= 0.3 is 0 Å². The number of furan rings is 1. The Morgan fingerprint density at radius 1 is 1.30 bits per heavy atom. The Labute approximate surface area is 133 Å². The van der Waals surface area contributed by atoms with Gasteiger partial charge in [0.25, 0.3) is 5.91 Å². The average molecular weight is 336 g/mol. The molecule has 1 unspecified atom stereocenters. The van der Waals surface area contributed by atoms with Gasteiger partial charge < -0.3 is 14.5 Å². The number of hydrogen-bond acceptors (Lipinski definition) is 5. The summed E-state index contributed by atoms with van der Waals surface area (Å²) >= 11 is 0. The maximum atomic E-state index is 12.3. The summed E-state index contributed by atoms with van der Waals surface area (Å²) in [6, 6.07) is 10.2. The molecule has 1 amide bonds. The van der Waals surface area contributed by atoms with E-state index in [-0.39, 0.29) is 13.1 Å². The summed E-state index contributed by atoms with van der Waals surface area (Å²) in [6.07, 6.45) is 1.70. The van der Waals surface area contributed by atoms with E-state index in [0.29, 0.717) is 17.2 Å². The summed E-state index contributed by atoms with van der Waals surface area (Å²) in [5.41, 5.74) is 0.435. The smallest absolute Gasteiger partial charge is 0.263 e. The van der Waals surface area contributed by atoms with E-state index in [1.807, 2.05) is 0 Å². The molecule has 7 nitrogen and oxygen atoms in total. The van der Waals surface area contributed by atoms with Gasteiger partial charge in [-0.05, 0) is 24.3 Å². The van der Waals surface area contributed by atoms with Gasteiger partial charge in [-0.25, -0.2) is 8.42 Å². The summed E-state index contributed by atoms with van der Waals surface area (Å²) in [5, 5.41) is 2.68. The van der Waals surface area contributed by atoms with E-state index in [9.17, 15) is 13.2 Å². The molecule has 0 spiro atoms. The number of amides is 1. The molecule has 1 aromatic carbocycles. The standard InChI is InChI=1S/C15H16N2O5S/c1-23(19,20)17-10-14(22-13-7-3-2-6-12(13)17)15(18)16-9-11-5-4-8-21-11/h2-8,14H,9-10H2,1H3,(H,16,18). The van der Waals surface area contributed by atoms with Gasteiger partial charge in [-0.2, -0.15) is 0 Å². The molecular weight excluding hydrogens is 320 g/mol. The van der Waals surface area contributed by atoms with Crippen LogP contribution in [0.15, 0.2) is 47.1 Å². The number of ether oxygens (including phenoxy) is 1. The second-order valence-electron chi connectivity index (χ2n) is 5.17. The van der Waals surface area contributed by atoms with Crippen LogP contribution in [0.4, 0.5) is 5.69 Å². The SMILES string of the molecule is CS(=O)(=O)N1CC(C(=O)NCc2ccco2)Oc2ccccc21. The molecule has 122 valence electrons. The number of sulfonamides is 1. The number of hydrogen-bond donors (Lipinski definition) is 1. The second kappa shape index (κ2) is 5.96. The van der Waals surface area contributed by atoms with Crippen molar-refractivity contribution in [3.8, 4) is 5.75 Å². The topological polar surface area (TPSA) is 88.9 Å². The van der Waals surface area contributed by atoms with Gasteiger partial charge in [0.15, 0.2) is 6.10 Å². The third-order valence-electron chi connectivity index (χ3n) is 3.44. The molecule has 0 aliphatic carbocycles. The number of fused-ring (bicyclic) bond motifs is 1. The lowest BCUT2D eigenvalue weighted by molar-refractivity contribution is -0.128. The predicted octanol–water partition coefficient (Wildman–Crippen LogP) is 1.12. The average Bonchev–Trinajstić information content (AvgIpc) is 3.04. The fourth-order valence-electron chi connectivity index (χ4n) is 2.35. The number of nitrogens with one attached hydrogen (secondary N) is 1. The first-order chi connectivity index (χ1) is 10.9. The number of carbonyl (C=O) groups excluding carboxylic acids is 1. The number of benzene rings is 1. The molecule has 1 N–H and O–H groups in total. The predicted molar refractivity (Wildman–Crippen MR) is 83.6 cm³/mol. The highest BCUT2D eigenvalue weighted by atomic mass is 32.2. The van der Waals surface area contributed by atoms with Crippen molar-refractivity contribution in [3.05, 3.63) is 48.4 Å². The van der Waals surface area contributed by atoms with Crippen LogP contribution in [0.2, 0.25) is 0 Å².